The molecule has 1 heterocycles. The molecule has 50 valence electrons. The van der Waals surface area contributed by atoms with Crippen LogP contribution in [0.3, 0.4) is 0 Å². The molecule has 0 aliphatic heterocycles. The Kier molecular flexibility index (Phi) is 2.08. The number of aryl methyl sites for hydroxylation is 1. The van der Waals surface area contributed by atoms with E-state index in [0.29, 0.717) is 0 Å². The molecule has 0 radical (unpaired) electrons. The molecule has 0 atom stereocenters. The van der Waals surface area contributed by atoms with E-state index in [1.165, 1.54) is 0 Å². The summed E-state index contributed by atoms with van der Waals surface area (Å²) in [6.45, 7) is 1.96. The number of terminal acetylenes is 1. The molecule has 2 heteroatoms. The van der Waals surface area contributed by atoms with Crippen molar-refractivity contribution in [2.75, 3.05) is 0 Å². The molecule has 0 aliphatic rings. The maximum atomic E-state index is 5.23. The van der Waals surface area contributed by atoms with Gasteiger partial charge in [-0.05, 0) is 34.5 Å². The Hall–Kier alpha value is -0.810. The average molecular weight is 196 g/mol. The average Bonchev–Trinajstić information content (AvgIpc) is 1.88. The second-order valence-electron chi connectivity index (χ2n) is 1.94. The summed E-state index contributed by atoms with van der Waals surface area (Å²) in [6, 6.07) is 1.89. The molecule has 10 heavy (non-hydrogen) atoms. The summed E-state index contributed by atoms with van der Waals surface area (Å²) in [5, 5.41) is 0. The number of rotatable bonds is 0. The van der Waals surface area contributed by atoms with Crippen molar-refractivity contribution in [1.29, 1.82) is 0 Å². The van der Waals surface area contributed by atoms with Crippen molar-refractivity contribution < 1.29 is 0 Å². The van der Waals surface area contributed by atoms with Gasteiger partial charge in [-0.25, -0.2) is 4.98 Å². The minimum absolute atomic E-state index is 0.745. The van der Waals surface area contributed by atoms with Gasteiger partial charge >= 0.3 is 0 Å². The molecule has 0 saturated carbocycles. The fourth-order valence-electron chi connectivity index (χ4n) is 0.698. The number of hydrogen-bond acceptors (Lipinski definition) is 1. The minimum Gasteiger partial charge on any atom is -0.248 e. The Morgan fingerprint density at radius 1 is 1.70 bits per heavy atom. The molecule has 0 aromatic carbocycles. The number of nitrogens with zero attached hydrogens (tertiary/aromatic N) is 1. The molecule has 0 saturated heterocycles. The van der Waals surface area contributed by atoms with Gasteiger partial charge in [-0.15, -0.1) is 6.42 Å². The number of pyridine rings is 1. The van der Waals surface area contributed by atoms with Gasteiger partial charge in [0.2, 0.25) is 0 Å². The van der Waals surface area contributed by atoms with Crippen LogP contribution in [0.15, 0.2) is 16.9 Å². The summed E-state index contributed by atoms with van der Waals surface area (Å²) in [4.78, 5) is 3.98. The van der Waals surface area contributed by atoms with E-state index < -0.39 is 0 Å². The first-order valence-electron chi connectivity index (χ1n) is 2.83. The molecule has 1 aromatic heterocycles. The molecule has 0 bridgehead atoms. The highest BCUT2D eigenvalue weighted by Gasteiger charge is 1.98. The van der Waals surface area contributed by atoms with Crippen molar-refractivity contribution in [3.63, 3.8) is 0 Å². The van der Waals surface area contributed by atoms with Gasteiger partial charge in [0, 0.05) is 6.20 Å². The largest absolute Gasteiger partial charge is 0.248 e. The fourth-order valence-corrected chi connectivity index (χ4v) is 1.24. The molecule has 1 rings (SSSR count). The lowest BCUT2D eigenvalue weighted by Crippen LogP contribution is -1.85. The highest BCUT2D eigenvalue weighted by molar-refractivity contribution is 9.10. The van der Waals surface area contributed by atoms with Crippen LogP contribution < -0.4 is 0 Å². The lowest BCUT2D eigenvalue weighted by Gasteiger charge is -1.97. The maximum absolute atomic E-state index is 5.23. The van der Waals surface area contributed by atoms with Crippen LogP contribution >= 0.6 is 15.9 Å². The van der Waals surface area contributed by atoms with Gasteiger partial charge in [0.25, 0.3) is 0 Å². The summed E-state index contributed by atoms with van der Waals surface area (Å²) < 4.78 is 0.745. The van der Waals surface area contributed by atoms with Crippen molar-refractivity contribution in [3.05, 3.63) is 28.0 Å². The molecular formula is C8H6BrN. The van der Waals surface area contributed by atoms with Gasteiger partial charge in [-0.3, -0.25) is 0 Å². The molecule has 0 unspecified atom stereocenters. The van der Waals surface area contributed by atoms with Gasteiger partial charge in [0.1, 0.15) is 4.60 Å². The highest BCUT2D eigenvalue weighted by Crippen LogP contribution is 2.14. The van der Waals surface area contributed by atoms with Crippen molar-refractivity contribution >= 4 is 15.9 Å². The van der Waals surface area contributed by atoms with Crippen LogP contribution in [-0.4, -0.2) is 4.98 Å². The first-order chi connectivity index (χ1) is 4.75. The van der Waals surface area contributed by atoms with E-state index in [1.54, 1.807) is 6.20 Å². The van der Waals surface area contributed by atoms with E-state index >= 15 is 0 Å². The van der Waals surface area contributed by atoms with Crippen LogP contribution in [-0.2, 0) is 0 Å². The third-order valence-electron chi connectivity index (χ3n) is 1.26. The second-order valence-corrected chi connectivity index (χ2v) is 2.69. The SMILES string of the molecule is C#Cc1c(C)ccnc1Br. The third kappa shape index (κ3) is 1.19. The first-order valence-corrected chi connectivity index (χ1v) is 3.62. The maximum Gasteiger partial charge on any atom is 0.121 e. The molecule has 1 aromatic rings. The van der Waals surface area contributed by atoms with Gasteiger partial charge < -0.3 is 0 Å². The summed E-state index contributed by atoms with van der Waals surface area (Å²) in [7, 11) is 0. The summed E-state index contributed by atoms with van der Waals surface area (Å²) in [6.07, 6.45) is 6.95. The van der Waals surface area contributed by atoms with E-state index in [0.717, 1.165) is 15.7 Å². The molecule has 0 aliphatic carbocycles. The van der Waals surface area contributed by atoms with Gasteiger partial charge in [-0.1, -0.05) is 5.92 Å². The van der Waals surface area contributed by atoms with Crippen molar-refractivity contribution in [2.24, 2.45) is 0 Å². The lowest BCUT2D eigenvalue weighted by molar-refractivity contribution is 1.22. The molecular weight excluding hydrogens is 190 g/mol. The second kappa shape index (κ2) is 2.85. The standard InChI is InChI=1S/C8H6BrN/c1-3-7-6(2)4-5-10-8(7)9/h1,4-5H,2H3. The van der Waals surface area contributed by atoms with E-state index in [4.69, 9.17) is 6.42 Å². The Morgan fingerprint density at radius 2 is 2.40 bits per heavy atom. The predicted molar refractivity (Wildman–Crippen MR) is 44.6 cm³/mol. The lowest BCUT2D eigenvalue weighted by atomic mass is 10.2. The quantitative estimate of drug-likeness (QED) is 0.457. The van der Waals surface area contributed by atoms with E-state index in [9.17, 15) is 0 Å². The van der Waals surface area contributed by atoms with Crippen LogP contribution in [0, 0.1) is 19.3 Å². The number of aromatic nitrogens is 1. The number of hydrogen-bond donors (Lipinski definition) is 0. The summed E-state index contributed by atoms with van der Waals surface area (Å²) >= 11 is 3.25. The zero-order valence-electron chi connectivity index (χ0n) is 5.56. The normalized spacial score (nSPS) is 8.90. The van der Waals surface area contributed by atoms with Crippen LogP contribution in [0.2, 0.25) is 0 Å². The summed E-state index contributed by atoms with van der Waals surface area (Å²) in [5.41, 5.74) is 1.91. The van der Waals surface area contributed by atoms with Crippen LogP contribution in [0.1, 0.15) is 11.1 Å². The van der Waals surface area contributed by atoms with Gasteiger partial charge in [0.15, 0.2) is 0 Å². The third-order valence-corrected chi connectivity index (χ3v) is 1.86. The van der Waals surface area contributed by atoms with Crippen molar-refractivity contribution in [2.45, 2.75) is 6.92 Å². The van der Waals surface area contributed by atoms with Gasteiger partial charge in [-0.2, -0.15) is 0 Å². The Balaban J connectivity index is 3.34. The van der Waals surface area contributed by atoms with E-state index in [-0.39, 0.29) is 0 Å². The van der Waals surface area contributed by atoms with Gasteiger partial charge in [0.05, 0.1) is 5.56 Å². The molecule has 0 fully saturated rings. The monoisotopic (exact) mass is 195 g/mol. The molecule has 0 spiro atoms. The topological polar surface area (TPSA) is 12.9 Å². The Labute approximate surface area is 68.6 Å². The van der Waals surface area contributed by atoms with Crippen molar-refractivity contribution in [3.8, 4) is 12.3 Å². The van der Waals surface area contributed by atoms with Crippen LogP contribution in [0.5, 0.6) is 0 Å². The zero-order valence-corrected chi connectivity index (χ0v) is 7.14. The minimum atomic E-state index is 0.745. The smallest absolute Gasteiger partial charge is 0.121 e. The highest BCUT2D eigenvalue weighted by atomic mass is 79.9. The molecule has 0 amide bonds. The fraction of sp³-hybridized carbons (Fsp3) is 0.125. The first kappa shape index (κ1) is 7.30. The van der Waals surface area contributed by atoms with E-state index in [2.05, 4.69) is 26.8 Å². The van der Waals surface area contributed by atoms with Crippen LogP contribution in [0.4, 0.5) is 0 Å². The Bertz CT molecular complexity index is 266. The Morgan fingerprint density at radius 3 is 2.80 bits per heavy atom. The predicted octanol–water partition coefficient (Wildman–Crippen LogP) is 2.13. The molecule has 0 N–H and O–H groups in total. The van der Waals surface area contributed by atoms with Crippen LogP contribution in [0.25, 0.3) is 0 Å². The van der Waals surface area contributed by atoms with Crippen molar-refractivity contribution in [1.82, 2.24) is 4.98 Å². The molecule has 1 nitrogen and oxygen atoms in total. The van der Waals surface area contributed by atoms with E-state index in [1.807, 2.05) is 13.0 Å². The summed E-state index contributed by atoms with van der Waals surface area (Å²) in [5.74, 6) is 2.55. The number of halogens is 1. The zero-order chi connectivity index (χ0) is 7.56.